The molecular formula is C28H30ClFN4O2. The van der Waals surface area contributed by atoms with Crippen LogP contribution < -0.4 is 16.0 Å². The third kappa shape index (κ3) is 5.75. The molecule has 0 aliphatic carbocycles. The molecule has 0 spiro atoms. The van der Waals surface area contributed by atoms with E-state index in [0.717, 1.165) is 11.3 Å². The summed E-state index contributed by atoms with van der Waals surface area (Å²) >= 11 is 6.28. The summed E-state index contributed by atoms with van der Waals surface area (Å²) in [7, 11) is 1.87. The average Bonchev–Trinajstić information content (AvgIpc) is 2.99. The molecule has 0 aromatic heterocycles. The zero-order chi connectivity index (χ0) is 25.8. The molecule has 6 nitrogen and oxygen atoms in total. The van der Waals surface area contributed by atoms with E-state index in [1.165, 1.54) is 6.07 Å². The molecule has 0 saturated heterocycles. The molecule has 4 rings (SSSR count). The number of amides is 1. The number of carbonyl (C=O) groups is 1. The Hall–Kier alpha value is -3.26. The maximum atomic E-state index is 14.8. The highest BCUT2D eigenvalue weighted by molar-refractivity contribution is 6.31. The zero-order valence-corrected chi connectivity index (χ0v) is 21.0. The lowest BCUT2D eigenvalue weighted by Crippen LogP contribution is -2.50. The van der Waals surface area contributed by atoms with Gasteiger partial charge in [-0.25, -0.2) is 4.39 Å². The number of hydrogen-bond donors (Lipinski definition) is 3. The van der Waals surface area contributed by atoms with Crippen molar-refractivity contribution in [2.24, 2.45) is 16.6 Å². The third-order valence-electron chi connectivity index (χ3n) is 6.47. The van der Waals surface area contributed by atoms with Gasteiger partial charge in [0.2, 0.25) is 5.91 Å². The summed E-state index contributed by atoms with van der Waals surface area (Å²) < 4.78 is 14.8. The molecule has 0 radical (unpaired) electrons. The van der Waals surface area contributed by atoms with Gasteiger partial charge in [0, 0.05) is 34.9 Å². The van der Waals surface area contributed by atoms with E-state index in [-0.39, 0.29) is 5.91 Å². The van der Waals surface area contributed by atoms with Gasteiger partial charge < -0.3 is 21.1 Å². The van der Waals surface area contributed by atoms with E-state index in [4.69, 9.17) is 22.3 Å². The molecule has 8 heteroatoms. The molecular weight excluding hydrogens is 479 g/mol. The van der Waals surface area contributed by atoms with Crippen LogP contribution in [0.1, 0.15) is 23.6 Å². The van der Waals surface area contributed by atoms with Gasteiger partial charge in [0.1, 0.15) is 12.0 Å². The van der Waals surface area contributed by atoms with Crippen LogP contribution in [0.3, 0.4) is 0 Å². The van der Waals surface area contributed by atoms with E-state index in [1.807, 2.05) is 48.3 Å². The van der Waals surface area contributed by atoms with Crippen LogP contribution in [-0.2, 0) is 11.2 Å². The normalized spacial score (nSPS) is 17.9. The number of fused-ring (bicyclic) bond motifs is 1. The predicted molar refractivity (Wildman–Crippen MR) is 142 cm³/mol. The number of anilines is 1. The number of benzodiazepines with no additional fused rings is 1. The van der Waals surface area contributed by atoms with Crippen LogP contribution in [0.2, 0.25) is 5.02 Å². The first kappa shape index (κ1) is 25.8. The maximum absolute atomic E-state index is 14.8. The number of benzene rings is 3. The molecule has 1 aliphatic rings. The molecule has 4 unspecified atom stereocenters. The van der Waals surface area contributed by atoms with E-state index >= 15 is 0 Å². The standard InChI is InChI=1S/C28H30ClFN4O2/c1-17(27(35)23(31)14-18-8-4-3-5-9-18)28(36)33-25-16-34(2)24-13-12-19(29)15-21(24)26(32-25)20-10-6-7-11-22(20)30/h3-13,15,17,23,25,27,35H,14,16,31H2,1-2H3,(H,33,36). The molecule has 3 aromatic rings. The van der Waals surface area contributed by atoms with Crippen molar-refractivity contribution in [3.05, 3.63) is 100 Å². The van der Waals surface area contributed by atoms with E-state index in [9.17, 15) is 14.3 Å². The Kier molecular flexibility index (Phi) is 8.04. The third-order valence-corrected chi connectivity index (χ3v) is 6.71. The first-order valence-corrected chi connectivity index (χ1v) is 12.2. The average molecular weight is 509 g/mol. The Balaban J connectivity index is 1.58. The van der Waals surface area contributed by atoms with Crippen LogP contribution in [0.4, 0.5) is 10.1 Å². The van der Waals surface area contributed by atoms with Gasteiger partial charge in [-0.3, -0.25) is 9.79 Å². The largest absolute Gasteiger partial charge is 0.391 e. The molecule has 0 bridgehead atoms. The molecule has 36 heavy (non-hydrogen) atoms. The molecule has 4 atom stereocenters. The SMILES string of the molecule is CC(C(=O)NC1CN(C)c2ccc(Cl)cc2C(c2ccccc2F)=N1)C(O)C(N)Cc1ccccc1. The van der Waals surface area contributed by atoms with Gasteiger partial charge >= 0.3 is 0 Å². The molecule has 1 heterocycles. The summed E-state index contributed by atoms with van der Waals surface area (Å²) in [4.78, 5) is 19.9. The summed E-state index contributed by atoms with van der Waals surface area (Å²) in [5, 5.41) is 14.2. The second-order valence-electron chi connectivity index (χ2n) is 9.16. The highest BCUT2D eigenvalue weighted by Crippen LogP contribution is 2.30. The Bertz CT molecular complexity index is 1250. The van der Waals surface area contributed by atoms with Gasteiger partial charge in [-0.05, 0) is 42.3 Å². The van der Waals surface area contributed by atoms with Crippen LogP contribution in [0.5, 0.6) is 0 Å². The Labute approximate surface area is 215 Å². The number of aliphatic hydroxyl groups is 1. The number of likely N-dealkylation sites (N-methyl/N-ethyl adjacent to an activating group) is 1. The quantitative estimate of drug-likeness (QED) is 0.453. The van der Waals surface area contributed by atoms with E-state index < -0.39 is 30.0 Å². The molecule has 4 N–H and O–H groups in total. The zero-order valence-electron chi connectivity index (χ0n) is 20.2. The van der Waals surface area contributed by atoms with Crippen molar-refractivity contribution < 1.29 is 14.3 Å². The summed E-state index contributed by atoms with van der Waals surface area (Å²) in [6.07, 6.45) is -1.31. The van der Waals surface area contributed by atoms with Gasteiger partial charge in [-0.1, -0.05) is 61.0 Å². The number of rotatable bonds is 7. The first-order valence-electron chi connectivity index (χ1n) is 11.9. The lowest BCUT2D eigenvalue weighted by atomic mass is 9.93. The highest BCUT2D eigenvalue weighted by Gasteiger charge is 2.31. The fourth-order valence-corrected chi connectivity index (χ4v) is 4.60. The lowest BCUT2D eigenvalue weighted by molar-refractivity contribution is -0.128. The monoisotopic (exact) mass is 508 g/mol. The minimum atomic E-state index is -1.06. The fourth-order valence-electron chi connectivity index (χ4n) is 4.43. The Morgan fingerprint density at radius 2 is 1.86 bits per heavy atom. The van der Waals surface area contributed by atoms with Crippen molar-refractivity contribution in [1.29, 1.82) is 0 Å². The number of aliphatic hydroxyl groups excluding tert-OH is 1. The van der Waals surface area contributed by atoms with Crippen LogP contribution in [0.25, 0.3) is 0 Å². The van der Waals surface area contributed by atoms with Crippen molar-refractivity contribution in [3.8, 4) is 0 Å². The van der Waals surface area contributed by atoms with Gasteiger partial charge in [0.05, 0.1) is 24.3 Å². The number of nitrogens with zero attached hydrogens (tertiary/aromatic N) is 2. The van der Waals surface area contributed by atoms with E-state index in [2.05, 4.69) is 5.32 Å². The summed E-state index contributed by atoms with van der Waals surface area (Å²) in [5.74, 6) is -1.58. The molecule has 0 saturated carbocycles. The number of halogens is 2. The predicted octanol–water partition coefficient (Wildman–Crippen LogP) is 3.78. The molecule has 1 amide bonds. The Morgan fingerprint density at radius 1 is 1.17 bits per heavy atom. The number of carbonyl (C=O) groups excluding carboxylic acids is 1. The molecule has 188 valence electrons. The number of hydrogen-bond acceptors (Lipinski definition) is 5. The van der Waals surface area contributed by atoms with Crippen molar-refractivity contribution >= 4 is 28.9 Å². The second-order valence-corrected chi connectivity index (χ2v) is 9.59. The van der Waals surface area contributed by atoms with Crippen molar-refractivity contribution in [3.63, 3.8) is 0 Å². The summed E-state index contributed by atoms with van der Waals surface area (Å²) in [6, 6.07) is 20.7. The topological polar surface area (TPSA) is 91.0 Å². The van der Waals surface area contributed by atoms with Crippen molar-refractivity contribution in [2.75, 3.05) is 18.5 Å². The molecule has 1 aliphatic heterocycles. The maximum Gasteiger partial charge on any atom is 0.227 e. The second kappa shape index (κ2) is 11.2. The molecule has 3 aromatic carbocycles. The minimum absolute atomic E-state index is 0.313. The highest BCUT2D eigenvalue weighted by atomic mass is 35.5. The van der Waals surface area contributed by atoms with Crippen LogP contribution in [0, 0.1) is 11.7 Å². The van der Waals surface area contributed by atoms with E-state index in [0.29, 0.717) is 34.8 Å². The number of aliphatic imine (C=N–C) groups is 1. The van der Waals surface area contributed by atoms with Crippen LogP contribution in [-0.4, -0.2) is 48.6 Å². The van der Waals surface area contributed by atoms with Gasteiger partial charge in [-0.2, -0.15) is 0 Å². The Morgan fingerprint density at radius 3 is 2.58 bits per heavy atom. The minimum Gasteiger partial charge on any atom is -0.391 e. The lowest BCUT2D eigenvalue weighted by Gasteiger charge is -2.27. The summed E-state index contributed by atoms with van der Waals surface area (Å²) in [5.41, 5.74) is 9.42. The van der Waals surface area contributed by atoms with Gasteiger partial charge in [0.15, 0.2) is 0 Å². The van der Waals surface area contributed by atoms with Gasteiger partial charge in [0.25, 0.3) is 0 Å². The van der Waals surface area contributed by atoms with E-state index in [1.54, 1.807) is 37.3 Å². The van der Waals surface area contributed by atoms with Gasteiger partial charge in [-0.15, -0.1) is 0 Å². The number of nitrogens with one attached hydrogen (secondary N) is 1. The fraction of sp³-hybridized carbons (Fsp3) is 0.286. The number of nitrogens with two attached hydrogens (primary N) is 1. The first-order chi connectivity index (χ1) is 17.2. The van der Waals surface area contributed by atoms with Crippen LogP contribution in [0.15, 0.2) is 77.8 Å². The van der Waals surface area contributed by atoms with Crippen molar-refractivity contribution in [2.45, 2.75) is 31.7 Å². The molecule has 0 fully saturated rings. The summed E-state index contributed by atoms with van der Waals surface area (Å²) in [6.45, 7) is 1.98. The van der Waals surface area contributed by atoms with Crippen LogP contribution >= 0.6 is 11.6 Å². The van der Waals surface area contributed by atoms with Crippen molar-refractivity contribution in [1.82, 2.24) is 5.32 Å². The smallest absolute Gasteiger partial charge is 0.227 e.